The highest BCUT2D eigenvalue weighted by Crippen LogP contribution is 2.60. The average Bonchev–Trinajstić information content (AvgIpc) is 3.26. The summed E-state index contributed by atoms with van der Waals surface area (Å²) in [5.74, 6) is -2.40. The Balaban J connectivity index is 1.71. The molecule has 0 bridgehead atoms. The van der Waals surface area contributed by atoms with Crippen molar-refractivity contribution in [1.29, 1.82) is 0 Å². The van der Waals surface area contributed by atoms with Gasteiger partial charge in [-0.05, 0) is 42.7 Å². The standard InChI is InChI=1S/C29H22FNO3/c1-16-11-12-18-13-14-24-29(27(33)19-7-3-4-8-20(19)28(29)34)25(21-9-5-6-10-22(21)30)26(17(2)32)31(24)23(18)15-16/h3-15,24-26H,1-2H3/t24-,25-,26-/m1/s1. The van der Waals surface area contributed by atoms with E-state index in [1.807, 2.05) is 42.2 Å². The summed E-state index contributed by atoms with van der Waals surface area (Å²) in [6.07, 6.45) is 3.75. The largest absolute Gasteiger partial charge is 0.352 e. The monoisotopic (exact) mass is 451 g/mol. The number of halogens is 1. The smallest absolute Gasteiger partial charge is 0.180 e. The van der Waals surface area contributed by atoms with Gasteiger partial charge in [-0.2, -0.15) is 0 Å². The number of aryl methyl sites for hydroxylation is 1. The number of benzene rings is 3. The molecule has 3 aromatic carbocycles. The molecular weight excluding hydrogens is 429 g/mol. The van der Waals surface area contributed by atoms with Crippen molar-refractivity contribution >= 4 is 29.1 Å². The number of rotatable bonds is 2. The van der Waals surface area contributed by atoms with Gasteiger partial charge in [-0.25, -0.2) is 4.39 Å². The summed E-state index contributed by atoms with van der Waals surface area (Å²) in [5, 5.41) is 0. The van der Waals surface area contributed by atoms with Crippen LogP contribution in [-0.2, 0) is 4.79 Å². The van der Waals surface area contributed by atoms with Crippen LogP contribution in [0.3, 0.4) is 0 Å². The number of fused-ring (bicyclic) bond motifs is 5. The Hall–Kier alpha value is -3.86. The van der Waals surface area contributed by atoms with Crippen LogP contribution in [0.25, 0.3) is 6.08 Å². The lowest BCUT2D eigenvalue weighted by Gasteiger charge is -2.37. The topological polar surface area (TPSA) is 54.5 Å². The van der Waals surface area contributed by atoms with Gasteiger partial charge in [0.25, 0.3) is 0 Å². The first-order valence-corrected chi connectivity index (χ1v) is 11.4. The quantitative estimate of drug-likeness (QED) is 0.506. The summed E-state index contributed by atoms with van der Waals surface area (Å²) in [5.41, 5.74) is 1.92. The number of Topliss-reactive ketones (excluding diaryl/α,β-unsaturated/α-hetero) is 3. The van der Waals surface area contributed by atoms with Crippen molar-refractivity contribution in [2.45, 2.75) is 31.8 Å². The maximum atomic E-state index is 15.4. The molecule has 6 rings (SSSR count). The second kappa shape index (κ2) is 7.07. The minimum absolute atomic E-state index is 0.213. The zero-order chi connectivity index (χ0) is 23.8. The lowest BCUT2D eigenvalue weighted by atomic mass is 9.64. The number of carbonyl (C=O) groups excluding carboxylic acids is 3. The zero-order valence-corrected chi connectivity index (χ0v) is 18.8. The zero-order valence-electron chi connectivity index (χ0n) is 18.8. The predicted octanol–water partition coefficient (Wildman–Crippen LogP) is 5.16. The summed E-state index contributed by atoms with van der Waals surface area (Å²) < 4.78 is 15.4. The van der Waals surface area contributed by atoms with Crippen LogP contribution in [0.4, 0.5) is 10.1 Å². The first kappa shape index (κ1) is 20.7. The Morgan fingerprint density at radius 2 is 1.59 bits per heavy atom. The van der Waals surface area contributed by atoms with E-state index < -0.39 is 29.2 Å². The van der Waals surface area contributed by atoms with E-state index in [-0.39, 0.29) is 22.9 Å². The molecule has 0 radical (unpaired) electrons. The molecule has 3 aromatic rings. The summed E-state index contributed by atoms with van der Waals surface area (Å²) in [6, 6.07) is 17.3. The molecule has 2 aliphatic heterocycles. The van der Waals surface area contributed by atoms with E-state index in [4.69, 9.17) is 0 Å². The highest BCUT2D eigenvalue weighted by molar-refractivity contribution is 6.32. The highest BCUT2D eigenvalue weighted by Gasteiger charge is 2.71. The number of anilines is 1. The number of ketones is 3. The second-order valence-corrected chi connectivity index (χ2v) is 9.40. The molecule has 2 heterocycles. The third-order valence-corrected chi connectivity index (χ3v) is 7.62. The van der Waals surface area contributed by atoms with Gasteiger partial charge < -0.3 is 4.90 Å². The molecule has 0 saturated carbocycles. The Bertz CT molecular complexity index is 1400. The molecule has 4 nitrogen and oxygen atoms in total. The lowest BCUT2D eigenvalue weighted by molar-refractivity contribution is -0.118. The molecule has 1 saturated heterocycles. The first-order chi connectivity index (χ1) is 16.4. The van der Waals surface area contributed by atoms with Crippen molar-refractivity contribution in [2.24, 2.45) is 5.41 Å². The number of hydrogen-bond donors (Lipinski definition) is 0. The third kappa shape index (κ3) is 2.44. The van der Waals surface area contributed by atoms with Crippen LogP contribution < -0.4 is 4.90 Å². The molecule has 1 fully saturated rings. The van der Waals surface area contributed by atoms with Gasteiger partial charge in [0.2, 0.25) is 0 Å². The van der Waals surface area contributed by atoms with E-state index in [1.54, 1.807) is 42.5 Å². The van der Waals surface area contributed by atoms with Gasteiger partial charge in [0, 0.05) is 22.7 Å². The molecule has 3 atom stereocenters. The molecule has 0 unspecified atom stereocenters. The van der Waals surface area contributed by atoms with Crippen LogP contribution in [0.2, 0.25) is 0 Å². The van der Waals surface area contributed by atoms with Gasteiger partial charge in [0.1, 0.15) is 11.2 Å². The van der Waals surface area contributed by atoms with E-state index in [0.29, 0.717) is 11.1 Å². The Kier molecular flexibility index (Phi) is 4.31. The molecule has 0 amide bonds. The van der Waals surface area contributed by atoms with Crippen LogP contribution in [-0.4, -0.2) is 29.4 Å². The molecule has 34 heavy (non-hydrogen) atoms. The van der Waals surface area contributed by atoms with Crippen molar-refractivity contribution in [2.75, 3.05) is 4.90 Å². The summed E-state index contributed by atoms with van der Waals surface area (Å²) in [6.45, 7) is 3.41. The fourth-order valence-electron chi connectivity index (χ4n) is 6.30. The molecule has 1 aliphatic carbocycles. The minimum Gasteiger partial charge on any atom is -0.352 e. The van der Waals surface area contributed by atoms with Gasteiger partial charge >= 0.3 is 0 Å². The number of hydrogen-bond acceptors (Lipinski definition) is 4. The fraction of sp³-hybridized carbons (Fsp3) is 0.207. The van der Waals surface area contributed by atoms with E-state index >= 15 is 4.39 Å². The maximum Gasteiger partial charge on any atom is 0.180 e. The normalized spacial score (nSPS) is 23.7. The number of carbonyl (C=O) groups is 3. The first-order valence-electron chi connectivity index (χ1n) is 11.4. The van der Waals surface area contributed by atoms with Gasteiger partial charge in [0.15, 0.2) is 17.3 Å². The Morgan fingerprint density at radius 3 is 2.24 bits per heavy atom. The molecule has 0 N–H and O–H groups in total. The average molecular weight is 451 g/mol. The van der Waals surface area contributed by atoms with Crippen LogP contribution in [0.15, 0.2) is 72.8 Å². The van der Waals surface area contributed by atoms with Crippen LogP contribution in [0.5, 0.6) is 0 Å². The summed E-state index contributed by atoms with van der Waals surface area (Å²) in [4.78, 5) is 43.6. The molecule has 168 valence electrons. The van der Waals surface area contributed by atoms with E-state index in [9.17, 15) is 14.4 Å². The van der Waals surface area contributed by atoms with Crippen molar-refractivity contribution in [3.63, 3.8) is 0 Å². The minimum atomic E-state index is -1.64. The van der Waals surface area contributed by atoms with E-state index in [2.05, 4.69) is 0 Å². The van der Waals surface area contributed by atoms with Crippen LogP contribution >= 0.6 is 0 Å². The van der Waals surface area contributed by atoms with E-state index in [1.165, 1.54) is 13.0 Å². The maximum absolute atomic E-state index is 15.4. The third-order valence-electron chi connectivity index (χ3n) is 7.62. The number of nitrogens with zero attached hydrogens (tertiary/aromatic N) is 1. The van der Waals surface area contributed by atoms with Gasteiger partial charge in [-0.1, -0.05) is 66.7 Å². The van der Waals surface area contributed by atoms with Crippen molar-refractivity contribution in [3.8, 4) is 0 Å². The predicted molar refractivity (Wildman–Crippen MR) is 128 cm³/mol. The second-order valence-electron chi connectivity index (χ2n) is 9.40. The van der Waals surface area contributed by atoms with E-state index in [0.717, 1.165) is 16.8 Å². The van der Waals surface area contributed by atoms with Gasteiger partial charge in [-0.15, -0.1) is 0 Å². The van der Waals surface area contributed by atoms with Gasteiger partial charge in [0.05, 0.1) is 12.1 Å². The molecule has 5 heteroatoms. The van der Waals surface area contributed by atoms with Gasteiger partial charge in [-0.3, -0.25) is 14.4 Å². The molecule has 1 spiro atoms. The highest BCUT2D eigenvalue weighted by atomic mass is 19.1. The SMILES string of the molecule is CC(=O)[C@@H]1[C@@H](c2ccccc2F)C2(C(=O)c3ccccc3C2=O)[C@H]2C=Cc3ccc(C)cc3N12. The lowest BCUT2D eigenvalue weighted by Crippen LogP contribution is -2.48. The van der Waals surface area contributed by atoms with Crippen molar-refractivity contribution in [1.82, 2.24) is 0 Å². The molecular formula is C29H22FNO3. The molecule has 3 aliphatic rings. The molecule has 0 aromatic heterocycles. The van der Waals surface area contributed by atoms with Crippen LogP contribution in [0, 0.1) is 18.2 Å². The van der Waals surface area contributed by atoms with Crippen LogP contribution in [0.1, 0.15) is 50.2 Å². The Morgan fingerprint density at radius 1 is 0.941 bits per heavy atom. The van der Waals surface area contributed by atoms with Crippen molar-refractivity contribution < 1.29 is 18.8 Å². The summed E-state index contributed by atoms with van der Waals surface area (Å²) >= 11 is 0. The summed E-state index contributed by atoms with van der Waals surface area (Å²) in [7, 11) is 0. The fourth-order valence-corrected chi connectivity index (χ4v) is 6.30. The Labute approximate surface area is 196 Å². The van der Waals surface area contributed by atoms with Crippen molar-refractivity contribution in [3.05, 3.63) is 106 Å².